The lowest BCUT2D eigenvalue weighted by atomic mass is 9.95. The Morgan fingerprint density at radius 2 is 2.00 bits per heavy atom. The summed E-state index contributed by atoms with van der Waals surface area (Å²) in [6, 6.07) is 8.01. The fourth-order valence-electron chi connectivity index (χ4n) is 2.17. The molecule has 16 heavy (non-hydrogen) atoms. The van der Waals surface area contributed by atoms with E-state index in [0.717, 1.165) is 27.4 Å². The van der Waals surface area contributed by atoms with Crippen LogP contribution >= 0.6 is 11.8 Å². The predicted molar refractivity (Wildman–Crippen MR) is 67.9 cm³/mol. The maximum Gasteiger partial charge on any atom is 0.222 e. The first-order valence-electron chi connectivity index (χ1n) is 5.33. The second-order valence-corrected chi connectivity index (χ2v) is 5.23. The maximum absolute atomic E-state index is 11.9. The van der Waals surface area contributed by atoms with E-state index in [9.17, 15) is 4.79 Å². The zero-order valence-corrected chi connectivity index (χ0v) is 9.97. The van der Waals surface area contributed by atoms with Crippen LogP contribution < -0.4 is 0 Å². The Kier molecular flexibility index (Phi) is 2.04. The van der Waals surface area contributed by atoms with Crippen LogP contribution in [0.1, 0.15) is 19.4 Å². The minimum atomic E-state index is 0.165. The smallest absolute Gasteiger partial charge is 0.222 e. The van der Waals surface area contributed by atoms with Crippen molar-refractivity contribution in [2.24, 2.45) is 10.9 Å². The summed E-state index contributed by atoms with van der Waals surface area (Å²) in [6.07, 6.45) is 0. The first-order valence-corrected chi connectivity index (χ1v) is 6.15. The molecule has 1 aromatic carbocycles. The fourth-order valence-corrected chi connectivity index (χ4v) is 3.26. The van der Waals surface area contributed by atoms with Crippen molar-refractivity contribution >= 4 is 33.2 Å². The first-order chi connectivity index (χ1) is 7.68. The summed E-state index contributed by atoms with van der Waals surface area (Å²) < 4.78 is 0. The molecule has 2 heterocycles. The Labute approximate surface area is 98.5 Å². The van der Waals surface area contributed by atoms with Crippen molar-refractivity contribution in [3.8, 4) is 0 Å². The molecule has 80 valence electrons. The Hall–Kier alpha value is -1.35. The summed E-state index contributed by atoms with van der Waals surface area (Å²) >= 11 is 1.27. The highest BCUT2D eigenvalue weighted by molar-refractivity contribution is 8.28. The van der Waals surface area contributed by atoms with Crippen LogP contribution in [0.3, 0.4) is 0 Å². The van der Waals surface area contributed by atoms with Gasteiger partial charge in [0.25, 0.3) is 0 Å². The summed E-state index contributed by atoms with van der Waals surface area (Å²) in [5, 5.41) is 1.05. The van der Waals surface area contributed by atoms with Crippen LogP contribution in [0.5, 0.6) is 0 Å². The van der Waals surface area contributed by atoms with Gasteiger partial charge < -0.3 is 0 Å². The second-order valence-electron chi connectivity index (χ2n) is 4.27. The SMILES string of the molecule is CC(C)C1=C2C(=Nc3ccccc32)SC1=O. The number of carbonyl (C=O) groups excluding carboxylic acids is 1. The van der Waals surface area contributed by atoms with Gasteiger partial charge in [-0.05, 0) is 23.7 Å². The molecule has 0 aromatic heterocycles. The van der Waals surface area contributed by atoms with E-state index in [0.29, 0.717) is 0 Å². The molecule has 0 saturated carbocycles. The average Bonchev–Trinajstić information content (AvgIpc) is 2.71. The van der Waals surface area contributed by atoms with Gasteiger partial charge in [0.1, 0.15) is 5.04 Å². The number of benzene rings is 1. The molecule has 0 atom stereocenters. The van der Waals surface area contributed by atoms with Gasteiger partial charge in [-0.3, -0.25) is 4.79 Å². The quantitative estimate of drug-likeness (QED) is 0.738. The van der Waals surface area contributed by atoms with Gasteiger partial charge in [-0.2, -0.15) is 0 Å². The van der Waals surface area contributed by atoms with Gasteiger partial charge >= 0.3 is 0 Å². The molecule has 2 aliphatic rings. The van der Waals surface area contributed by atoms with Gasteiger partial charge in [0.05, 0.1) is 5.69 Å². The lowest BCUT2D eigenvalue weighted by molar-refractivity contribution is -0.108. The zero-order chi connectivity index (χ0) is 11.3. The number of thioether (sulfide) groups is 1. The molecule has 0 saturated heterocycles. The summed E-state index contributed by atoms with van der Waals surface area (Å²) in [7, 11) is 0. The Bertz CT molecular complexity index is 555. The molecule has 0 N–H and O–H groups in total. The van der Waals surface area contributed by atoms with Crippen LogP contribution in [0.15, 0.2) is 34.8 Å². The van der Waals surface area contributed by atoms with E-state index in [-0.39, 0.29) is 11.0 Å². The molecule has 3 rings (SSSR count). The molecular formula is C13H11NOS. The lowest BCUT2D eigenvalue weighted by Crippen LogP contribution is -2.01. The zero-order valence-electron chi connectivity index (χ0n) is 9.15. The van der Waals surface area contributed by atoms with E-state index in [1.807, 2.05) is 24.3 Å². The first kappa shape index (κ1) is 9.85. The van der Waals surface area contributed by atoms with Crippen molar-refractivity contribution in [3.05, 3.63) is 35.4 Å². The van der Waals surface area contributed by atoms with Gasteiger partial charge in [0.2, 0.25) is 5.12 Å². The van der Waals surface area contributed by atoms with Gasteiger partial charge in [-0.1, -0.05) is 32.0 Å². The summed E-state index contributed by atoms with van der Waals surface area (Å²) in [5.74, 6) is 0.258. The standard InChI is InChI=1S/C13H11NOS/c1-7(2)10-11-8-5-3-4-6-9(8)14-12(11)16-13(10)15/h3-7H,1-2H3. The number of para-hydroxylation sites is 1. The number of hydrogen-bond acceptors (Lipinski definition) is 3. The van der Waals surface area contributed by atoms with Crippen LogP contribution in [-0.4, -0.2) is 10.2 Å². The minimum absolute atomic E-state index is 0.165. The third kappa shape index (κ3) is 1.21. The summed E-state index contributed by atoms with van der Waals surface area (Å²) in [4.78, 5) is 16.4. The number of nitrogens with zero attached hydrogens (tertiary/aromatic N) is 1. The van der Waals surface area contributed by atoms with Gasteiger partial charge in [0, 0.05) is 16.7 Å². The highest BCUT2D eigenvalue weighted by Crippen LogP contribution is 2.47. The number of hydrogen-bond donors (Lipinski definition) is 0. The predicted octanol–water partition coefficient (Wildman–Crippen LogP) is 3.41. The van der Waals surface area contributed by atoms with Gasteiger partial charge in [-0.15, -0.1) is 0 Å². The molecule has 0 unspecified atom stereocenters. The molecule has 0 bridgehead atoms. The molecule has 0 fully saturated rings. The topological polar surface area (TPSA) is 29.4 Å². The second kappa shape index (κ2) is 3.32. The maximum atomic E-state index is 11.9. The average molecular weight is 229 g/mol. The highest BCUT2D eigenvalue weighted by Gasteiger charge is 2.36. The Morgan fingerprint density at radius 1 is 1.25 bits per heavy atom. The molecule has 2 aliphatic heterocycles. The molecule has 0 aliphatic carbocycles. The Balaban J connectivity index is 2.28. The van der Waals surface area contributed by atoms with Gasteiger partial charge in [0.15, 0.2) is 0 Å². The van der Waals surface area contributed by atoms with E-state index < -0.39 is 0 Å². The highest BCUT2D eigenvalue weighted by atomic mass is 32.2. The van der Waals surface area contributed by atoms with Gasteiger partial charge in [-0.25, -0.2) is 4.99 Å². The van der Waals surface area contributed by atoms with E-state index >= 15 is 0 Å². The van der Waals surface area contributed by atoms with Crippen LogP contribution in [0.2, 0.25) is 0 Å². The molecule has 1 aromatic rings. The molecule has 0 spiro atoms. The molecule has 3 heteroatoms. The number of carbonyl (C=O) groups is 1. The van der Waals surface area contributed by atoms with Crippen molar-refractivity contribution in [1.82, 2.24) is 0 Å². The van der Waals surface area contributed by atoms with E-state index in [1.165, 1.54) is 11.8 Å². The monoisotopic (exact) mass is 229 g/mol. The van der Waals surface area contributed by atoms with E-state index in [4.69, 9.17) is 0 Å². The molecular weight excluding hydrogens is 218 g/mol. The summed E-state index contributed by atoms with van der Waals surface area (Å²) in [5.41, 5.74) is 4.10. The third-order valence-electron chi connectivity index (χ3n) is 2.87. The van der Waals surface area contributed by atoms with Crippen LogP contribution in [0, 0.1) is 5.92 Å². The van der Waals surface area contributed by atoms with Crippen LogP contribution in [-0.2, 0) is 4.79 Å². The third-order valence-corrected chi connectivity index (χ3v) is 3.76. The van der Waals surface area contributed by atoms with Crippen molar-refractivity contribution in [3.63, 3.8) is 0 Å². The van der Waals surface area contributed by atoms with Crippen molar-refractivity contribution in [1.29, 1.82) is 0 Å². The van der Waals surface area contributed by atoms with Crippen molar-refractivity contribution in [2.45, 2.75) is 13.8 Å². The largest absolute Gasteiger partial charge is 0.281 e. The fraction of sp³-hybridized carbons (Fsp3) is 0.231. The number of fused-ring (bicyclic) bond motifs is 3. The summed E-state index contributed by atoms with van der Waals surface area (Å²) in [6.45, 7) is 4.12. The normalized spacial score (nSPS) is 17.9. The Morgan fingerprint density at radius 3 is 2.75 bits per heavy atom. The van der Waals surface area contributed by atoms with Crippen LogP contribution in [0.25, 0.3) is 5.57 Å². The lowest BCUT2D eigenvalue weighted by Gasteiger charge is -2.06. The van der Waals surface area contributed by atoms with E-state index in [2.05, 4.69) is 18.8 Å². The number of rotatable bonds is 1. The minimum Gasteiger partial charge on any atom is -0.281 e. The molecule has 0 amide bonds. The van der Waals surface area contributed by atoms with Crippen LogP contribution in [0.4, 0.5) is 5.69 Å². The molecule has 2 nitrogen and oxygen atoms in total. The molecule has 0 radical (unpaired) electrons. The van der Waals surface area contributed by atoms with Crippen molar-refractivity contribution < 1.29 is 4.79 Å². The van der Waals surface area contributed by atoms with Crippen molar-refractivity contribution in [2.75, 3.05) is 0 Å². The van der Waals surface area contributed by atoms with E-state index in [1.54, 1.807) is 0 Å². The number of aliphatic imine (C=N–C) groups is 1.